The summed E-state index contributed by atoms with van der Waals surface area (Å²) in [5.41, 5.74) is 1.16. The molecule has 1 aromatic carbocycles. The van der Waals surface area contributed by atoms with Crippen molar-refractivity contribution in [1.29, 1.82) is 0 Å². The molecule has 0 radical (unpaired) electrons. The Morgan fingerprint density at radius 3 is 2.68 bits per heavy atom. The van der Waals surface area contributed by atoms with Gasteiger partial charge in [0, 0.05) is 17.5 Å². The minimum atomic E-state index is -0.416. The summed E-state index contributed by atoms with van der Waals surface area (Å²) in [6.45, 7) is 0.600. The van der Waals surface area contributed by atoms with E-state index in [4.69, 9.17) is 11.6 Å². The summed E-state index contributed by atoms with van der Waals surface area (Å²) in [6, 6.07) is 10.6. The number of H-pyrrole nitrogens is 1. The number of nitro groups is 1. The zero-order chi connectivity index (χ0) is 13.7. The van der Waals surface area contributed by atoms with Crippen LogP contribution in [0.2, 0.25) is 5.02 Å². The Morgan fingerprint density at radius 1 is 1.26 bits per heavy atom. The molecule has 0 bridgehead atoms. The molecule has 1 aromatic heterocycles. The Morgan fingerprint density at radius 2 is 2.00 bits per heavy atom. The molecule has 0 atom stereocenters. The molecule has 2 N–H and O–H groups in total. The van der Waals surface area contributed by atoms with E-state index < -0.39 is 4.92 Å². The molecule has 0 aliphatic carbocycles. The highest BCUT2D eigenvalue weighted by molar-refractivity contribution is 6.30. The van der Waals surface area contributed by atoms with Crippen LogP contribution in [0.3, 0.4) is 0 Å². The number of aromatic nitrogens is 1. The third-order valence-corrected chi connectivity index (χ3v) is 2.91. The number of benzene rings is 1. The standard InChI is InChI=1S/C13H12ClN3O2/c14-11-5-3-10(4-6-11)7-9-16-13-12(17(18)19)2-1-8-15-13/h1-6,8H,7,9H2,(H,15,16)/p+1. The summed E-state index contributed by atoms with van der Waals surface area (Å²) >= 11 is 5.80. The molecule has 0 aliphatic rings. The number of hydrogen-bond donors (Lipinski definition) is 1. The predicted molar refractivity (Wildman–Crippen MR) is 73.3 cm³/mol. The van der Waals surface area contributed by atoms with Crippen molar-refractivity contribution >= 4 is 23.1 Å². The molecule has 0 saturated heterocycles. The quantitative estimate of drug-likeness (QED) is 0.675. The number of pyridine rings is 1. The average molecular weight is 279 g/mol. The molecule has 2 aromatic rings. The van der Waals surface area contributed by atoms with Crippen LogP contribution in [0.15, 0.2) is 42.6 Å². The monoisotopic (exact) mass is 278 g/mol. The van der Waals surface area contributed by atoms with E-state index in [1.165, 1.54) is 6.07 Å². The third kappa shape index (κ3) is 3.66. The van der Waals surface area contributed by atoms with Crippen molar-refractivity contribution in [2.75, 3.05) is 11.9 Å². The van der Waals surface area contributed by atoms with Crippen LogP contribution in [0.4, 0.5) is 11.5 Å². The fraction of sp³-hybridized carbons (Fsp3) is 0.154. The van der Waals surface area contributed by atoms with Gasteiger partial charge in [-0.1, -0.05) is 23.7 Å². The Bertz CT molecular complexity index is 572. The molecular weight excluding hydrogens is 266 g/mol. The van der Waals surface area contributed by atoms with Crippen LogP contribution in [0.25, 0.3) is 0 Å². The lowest BCUT2D eigenvalue weighted by Gasteiger charge is -2.01. The van der Waals surface area contributed by atoms with Crippen LogP contribution >= 0.6 is 11.6 Å². The number of rotatable bonds is 5. The number of nitrogens with zero attached hydrogens (tertiary/aromatic N) is 1. The van der Waals surface area contributed by atoms with Crippen molar-refractivity contribution in [2.24, 2.45) is 0 Å². The normalized spacial score (nSPS) is 10.2. The van der Waals surface area contributed by atoms with Crippen LogP contribution in [0.1, 0.15) is 5.56 Å². The molecule has 6 heteroatoms. The fourth-order valence-electron chi connectivity index (χ4n) is 1.70. The second-order valence-electron chi connectivity index (χ2n) is 3.99. The minimum absolute atomic E-state index is 0.0404. The van der Waals surface area contributed by atoms with Gasteiger partial charge in [-0.3, -0.25) is 15.4 Å². The third-order valence-electron chi connectivity index (χ3n) is 2.66. The number of aromatic amines is 1. The van der Waals surface area contributed by atoms with Gasteiger partial charge in [-0.05, 0) is 23.8 Å². The minimum Gasteiger partial charge on any atom is -0.268 e. The number of halogens is 1. The molecule has 0 aliphatic heterocycles. The molecule has 0 amide bonds. The lowest BCUT2D eigenvalue weighted by molar-refractivity contribution is -0.409. The molecule has 1 heterocycles. The second kappa shape index (κ2) is 6.15. The fourth-order valence-corrected chi connectivity index (χ4v) is 1.83. The maximum Gasteiger partial charge on any atom is 0.357 e. The summed E-state index contributed by atoms with van der Waals surface area (Å²) < 4.78 is 0. The molecule has 0 saturated carbocycles. The lowest BCUT2D eigenvalue weighted by Crippen LogP contribution is -2.16. The van der Waals surface area contributed by atoms with Crippen LogP contribution in [0, 0.1) is 10.1 Å². The first-order chi connectivity index (χ1) is 9.16. The highest BCUT2D eigenvalue weighted by Crippen LogP contribution is 2.17. The second-order valence-corrected chi connectivity index (χ2v) is 4.43. The molecule has 98 valence electrons. The lowest BCUT2D eigenvalue weighted by atomic mass is 10.1. The Hall–Kier alpha value is -2.14. The summed E-state index contributed by atoms with van der Waals surface area (Å²) in [6.07, 6.45) is 2.41. The first-order valence-corrected chi connectivity index (χ1v) is 6.18. The Kier molecular flexibility index (Phi) is 4.30. The summed E-state index contributed by atoms with van der Waals surface area (Å²) in [4.78, 5) is 13.2. The van der Waals surface area contributed by atoms with Crippen molar-refractivity contribution in [3.63, 3.8) is 0 Å². The topological polar surface area (TPSA) is 69.3 Å². The predicted octanol–water partition coefficient (Wildman–Crippen LogP) is 2.72. The summed E-state index contributed by atoms with van der Waals surface area (Å²) in [5.74, 6) is 0.418. The highest BCUT2D eigenvalue weighted by atomic mass is 35.5. The Balaban J connectivity index is 1.96. The first-order valence-electron chi connectivity index (χ1n) is 5.80. The number of nitrogens with one attached hydrogen (secondary N) is 2. The van der Waals surface area contributed by atoms with Crippen molar-refractivity contribution in [1.82, 2.24) is 0 Å². The van der Waals surface area contributed by atoms with Gasteiger partial charge in [0.25, 0.3) is 0 Å². The Labute approximate surface area is 115 Å². The van der Waals surface area contributed by atoms with Crippen molar-refractivity contribution in [3.8, 4) is 0 Å². The van der Waals surface area contributed by atoms with Crippen molar-refractivity contribution in [2.45, 2.75) is 6.42 Å². The molecule has 2 rings (SSSR count). The summed E-state index contributed by atoms with van der Waals surface area (Å²) in [7, 11) is 0. The smallest absolute Gasteiger partial charge is 0.268 e. The maximum atomic E-state index is 10.8. The maximum absolute atomic E-state index is 10.8. The number of hydrogen-bond acceptors (Lipinski definition) is 3. The zero-order valence-electron chi connectivity index (χ0n) is 10.1. The van der Waals surface area contributed by atoms with E-state index in [1.807, 2.05) is 24.3 Å². The SMILES string of the molecule is O=[N+]([O-])c1ccc[nH+]c1NCCc1ccc(Cl)cc1. The largest absolute Gasteiger partial charge is 0.357 e. The molecule has 0 fully saturated rings. The van der Waals surface area contributed by atoms with Gasteiger partial charge >= 0.3 is 11.5 Å². The van der Waals surface area contributed by atoms with E-state index in [0.717, 1.165) is 12.0 Å². The van der Waals surface area contributed by atoms with Crippen LogP contribution in [-0.2, 0) is 6.42 Å². The molecular formula is C13H13ClN3O2+. The molecule has 19 heavy (non-hydrogen) atoms. The summed E-state index contributed by atoms with van der Waals surface area (Å²) in [5, 5.41) is 14.5. The van der Waals surface area contributed by atoms with Gasteiger partial charge < -0.3 is 0 Å². The van der Waals surface area contributed by atoms with Gasteiger partial charge in [0.2, 0.25) is 0 Å². The van der Waals surface area contributed by atoms with E-state index in [1.54, 1.807) is 12.3 Å². The van der Waals surface area contributed by atoms with Crippen LogP contribution < -0.4 is 10.3 Å². The van der Waals surface area contributed by atoms with E-state index in [9.17, 15) is 10.1 Å². The molecule has 0 spiro atoms. The molecule has 0 unspecified atom stereocenters. The van der Waals surface area contributed by atoms with E-state index in [2.05, 4.69) is 10.3 Å². The van der Waals surface area contributed by atoms with Crippen LogP contribution in [0.5, 0.6) is 0 Å². The highest BCUT2D eigenvalue weighted by Gasteiger charge is 2.18. The van der Waals surface area contributed by atoms with Gasteiger partial charge in [0.05, 0.1) is 17.7 Å². The van der Waals surface area contributed by atoms with Gasteiger partial charge in [-0.15, -0.1) is 0 Å². The molecule has 5 nitrogen and oxygen atoms in total. The van der Waals surface area contributed by atoms with Crippen molar-refractivity contribution in [3.05, 3.63) is 63.3 Å². The van der Waals surface area contributed by atoms with Gasteiger partial charge in [0.15, 0.2) is 0 Å². The van der Waals surface area contributed by atoms with Gasteiger partial charge in [0.1, 0.15) is 0 Å². The van der Waals surface area contributed by atoms with E-state index in [0.29, 0.717) is 17.4 Å². The van der Waals surface area contributed by atoms with Crippen LogP contribution in [-0.4, -0.2) is 11.5 Å². The van der Waals surface area contributed by atoms with Gasteiger partial charge in [-0.25, -0.2) is 4.98 Å². The zero-order valence-corrected chi connectivity index (χ0v) is 10.9. The van der Waals surface area contributed by atoms with E-state index >= 15 is 0 Å². The average Bonchev–Trinajstić information content (AvgIpc) is 2.41. The van der Waals surface area contributed by atoms with E-state index in [-0.39, 0.29) is 5.69 Å². The first kappa shape index (κ1) is 13.3. The van der Waals surface area contributed by atoms with Gasteiger partial charge in [-0.2, -0.15) is 0 Å². The number of anilines is 1. The van der Waals surface area contributed by atoms with Crippen molar-refractivity contribution < 1.29 is 9.91 Å².